The predicted molar refractivity (Wildman–Crippen MR) is 72.9 cm³/mol. The second-order valence-electron chi connectivity index (χ2n) is 5.40. The molecule has 2 rings (SSSR count). The van der Waals surface area contributed by atoms with Crippen molar-refractivity contribution in [3.8, 4) is 0 Å². The molecule has 1 saturated heterocycles. The van der Waals surface area contributed by atoms with Gasteiger partial charge in [0.1, 0.15) is 0 Å². The molecular formula is C15H22N2O. The number of hydrogen-bond donors (Lipinski definition) is 1. The van der Waals surface area contributed by atoms with Gasteiger partial charge in [-0.2, -0.15) is 0 Å². The number of hydrogen-bond acceptors (Lipinski definition) is 2. The summed E-state index contributed by atoms with van der Waals surface area (Å²) >= 11 is 0. The predicted octanol–water partition coefficient (Wildman–Crippen LogP) is 2.19. The van der Waals surface area contributed by atoms with Crippen LogP contribution in [0.2, 0.25) is 0 Å². The van der Waals surface area contributed by atoms with Crippen LogP contribution in [0.15, 0.2) is 30.3 Å². The largest absolute Gasteiger partial charge is 0.342 e. The average molecular weight is 246 g/mol. The number of likely N-dealkylation sites (tertiary alicyclic amines) is 1. The lowest BCUT2D eigenvalue weighted by atomic mass is 9.94. The third-order valence-electron chi connectivity index (χ3n) is 3.85. The van der Waals surface area contributed by atoms with Gasteiger partial charge < -0.3 is 10.6 Å². The number of carbonyl (C=O) groups excluding carboxylic acids is 1. The second-order valence-corrected chi connectivity index (χ2v) is 5.40. The molecular weight excluding hydrogens is 224 g/mol. The first kappa shape index (κ1) is 13.1. The quantitative estimate of drug-likeness (QED) is 0.888. The molecule has 3 atom stereocenters. The summed E-state index contributed by atoms with van der Waals surface area (Å²) in [7, 11) is 0. The lowest BCUT2D eigenvalue weighted by Gasteiger charge is -2.25. The molecule has 0 aliphatic carbocycles. The maximum Gasteiger partial charge on any atom is 0.227 e. The second kappa shape index (κ2) is 5.53. The molecule has 1 heterocycles. The molecule has 1 fully saturated rings. The lowest BCUT2D eigenvalue weighted by molar-refractivity contribution is -0.134. The van der Waals surface area contributed by atoms with Crippen LogP contribution in [-0.4, -0.2) is 23.9 Å². The van der Waals surface area contributed by atoms with Gasteiger partial charge in [0, 0.05) is 19.1 Å². The van der Waals surface area contributed by atoms with Gasteiger partial charge in [0.25, 0.3) is 0 Å². The number of rotatable bonds is 3. The van der Waals surface area contributed by atoms with Crippen molar-refractivity contribution in [2.24, 2.45) is 17.6 Å². The van der Waals surface area contributed by atoms with E-state index >= 15 is 0 Å². The Balaban J connectivity index is 2.02. The fourth-order valence-corrected chi connectivity index (χ4v) is 2.54. The smallest absolute Gasteiger partial charge is 0.227 e. The van der Waals surface area contributed by atoms with Crippen LogP contribution in [0.5, 0.6) is 0 Å². The SMILES string of the molecule is CC1CCN(C(=O)C(C)C(N)c2ccccc2)C1. The van der Waals surface area contributed by atoms with Crippen molar-refractivity contribution in [3.05, 3.63) is 35.9 Å². The van der Waals surface area contributed by atoms with Crippen molar-refractivity contribution in [1.29, 1.82) is 0 Å². The summed E-state index contributed by atoms with van der Waals surface area (Å²) in [5.41, 5.74) is 7.23. The summed E-state index contributed by atoms with van der Waals surface area (Å²) in [6.07, 6.45) is 1.11. The summed E-state index contributed by atoms with van der Waals surface area (Å²) < 4.78 is 0. The van der Waals surface area contributed by atoms with Crippen molar-refractivity contribution in [2.75, 3.05) is 13.1 Å². The Bertz CT molecular complexity index is 404. The van der Waals surface area contributed by atoms with Gasteiger partial charge in [-0.05, 0) is 17.9 Å². The zero-order chi connectivity index (χ0) is 13.1. The van der Waals surface area contributed by atoms with E-state index in [1.54, 1.807) is 0 Å². The van der Waals surface area contributed by atoms with Gasteiger partial charge in [0.2, 0.25) is 5.91 Å². The van der Waals surface area contributed by atoms with Crippen LogP contribution in [0.1, 0.15) is 31.9 Å². The molecule has 18 heavy (non-hydrogen) atoms. The topological polar surface area (TPSA) is 46.3 Å². The Hall–Kier alpha value is -1.35. The molecule has 0 aromatic heterocycles. The molecule has 0 radical (unpaired) electrons. The van der Waals surface area contributed by atoms with Gasteiger partial charge in [0.05, 0.1) is 5.92 Å². The molecule has 1 aromatic rings. The van der Waals surface area contributed by atoms with Crippen LogP contribution in [0.3, 0.4) is 0 Å². The van der Waals surface area contributed by atoms with Gasteiger partial charge >= 0.3 is 0 Å². The highest BCUT2D eigenvalue weighted by molar-refractivity contribution is 5.79. The third-order valence-corrected chi connectivity index (χ3v) is 3.85. The van der Waals surface area contributed by atoms with Crippen LogP contribution in [-0.2, 0) is 4.79 Å². The number of amides is 1. The molecule has 0 bridgehead atoms. The van der Waals surface area contributed by atoms with E-state index in [0.717, 1.165) is 25.1 Å². The van der Waals surface area contributed by atoms with Gasteiger partial charge in [-0.1, -0.05) is 44.2 Å². The molecule has 3 nitrogen and oxygen atoms in total. The highest BCUT2D eigenvalue weighted by Crippen LogP contribution is 2.24. The van der Waals surface area contributed by atoms with E-state index in [2.05, 4.69) is 6.92 Å². The highest BCUT2D eigenvalue weighted by atomic mass is 16.2. The Morgan fingerprint density at radius 3 is 2.61 bits per heavy atom. The molecule has 0 saturated carbocycles. The van der Waals surface area contributed by atoms with E-state index in [4.69, 9.17) is 5.73 Å². The zero-order valence-electron chi connectivity index (χ0n) is 11.2. The van der Waals surface area contributed by atoms with E-state index in [1.165, 1.54) is 0 Å². The van der Waals surface area contributed by atoms with E-state index in [9.17, 15) is 4.79 Å². The molecule has 0 spiro atoms. The fraction of sp³-hybridized carbons (Fsp3) is 0.533. The molecule has 2 N–H and O–H groups in total. The number of nitrogens with two attached hydrogens (primary N) is 1. The zero-order valence-corrected chi connectivity index (χ0v) is 11.2. The summed E-state index contributed by atoms with van der Waals surface area (Å²) in [6.45, 7) is 5.88. The van der Waals surface area contributed by atoms with Gasteiger partial charge in [-0.3, -0.25) is 4.79 Å². The lowest BCUT2D eigenvalue weighted by Crippen LogP contribution is -2.38. The van der Waals surface area contributed by atoms with Crippen LogP contribution in [0.25, 0.3) is 0 Å². The molecule has 98 valence electrons. The van der Waals surface area contributed by atoms with Crippen LogP contribution >= 0.6 is 0 Å². The number of benzene rings is 1. The van der Waals surface area contributed by atoms with Crippen molar-refractivity contribution < 1.29 is 4.79 Å². The van der Waals surface area contributed by atoms with Crippen molar-refractivity contribution >= 4 is 5.91 Å². The first-order chi connectivity index (χ1) is 8.59. The Kier molecular flexibility index (Phi) is 4.02. The molecule has 1 aliphatic rings. The van der Waals surface area contributed by atoms with Crippen LogP contribution in [0.4, 0.5) is 0 Å². The maximum atomic E-state index is 12.4. The first-order valence-corrected chi connectivity index (χ1v) is 6.69. The van der Waals surface area contributed by atoms with E-state index in [0.29, 0.717) is 5.92 Å². The summed E-state index contributed by atoms with van der Waals surface area (Å²) in [5.74, 6) is 0.655. The first-order valence-electron chi connectivity index (χ1n) is 6.69. The molecule has 3 unspecified atom stereocenters. The monoisotopic (exact) mass is 246 g/mol. The number of nitrogens with zero attached hydrogens (tertiary/aromatic N) is 1. The average Bonchev–Trinajstić information content (AvgIpc) is 2.84. The molecule has 1 aliphatic heterocycles. The molecule has 3 heteroatoms. The van der Waals surface area contributed by atoms with Crippen molar-refractivity contribution in [3.63, 3.8) is 0 Å². The Labute approximate surface area is 109 Å². The summed E-state index contributed by atoms with van der Waals surface area (Å²) in [6, 6.07) is 9.65. The number of carbonyl (C=O) groups is 1. The van der Waals surface area contributed by atoms with E-state index in [1.807, 2.05) is 42.2 Å². The minimum atomic E-state index is -0.213. The van der Waals surface area contributed by atoms with E-state index in [-0.39, 0.29) is 17.9 Å². The Morgan fingerprint density at radius 2 is 2.06 bits per heavy atom. The summed E-state index contributed by atoms with van der Waals surface area (Å²) in [4.78, 5) is 14.3. The van der Waals surface area contributed by atoms with Crippen molar-refractivity contribution in [2.45, 2.75) is 26.3 Å². The van der Waals surface area contributed by atoms with Crippen LogP contribution in [0, 0.1) is 11.8 Å². The third kappa shape index (κ3) is 2.72. The molecule has 1 amide bonds. The normalized spacial score (nSPS) is 22.8. The van der Waals surface area contributed by atoms with Crippen LogP contribution < -0.4 is 5.73 Å². The summed E-state index contributed by atoms with van der Waals surface area (Å²) in [5, 5.41) is 0. The fourth-order valence-electron chi connectivity index (χ4n) is 2.54. The molecule has 1 aromatic carbocycles. The standard InChI is InChI=1S/C15H22N2O/c1-11-8-9-17(10-11)15(18)12(2)14(16)13-6-4-3-5-7-13/h3-7,11-12,14H,8-10,16H2,1-2H3. The van der Waals surface area contributed by atoms with Gasteiger partial charge in [0.15, 0.2) is 0 Å². The Morgan fingerprint density at radius 1 is 1.39 bits per heavy atom. The van der Waals surface area contributed by atoms with Gasteiger partial charge in [-0.15, -0.1) is 0 Å². The minimum absolute atomic E-state index is 0.155. The van der Waals surface area contributed by atoms with Gasteiger partial charge in [-0.25, -0.2) is 0 Å². The highest BCUT2D eigenvalue weighted by Gasteiger charge is 2.30. The van der Waals surface area contributed by atoms with Crippen molar-refractivity contribution in [1.82, 2.24) is 4.90 Å². The van der Waals surface area contributed by atoms with E-state index < -0.39 is 0 Å². The minimum Gasteiger partial charge on any atom is -0.342 e. The maximum absolute atomic E-state index is 12.4.